The minimum Gasteiger partial charge on any atom is -0.350 e. The molecular formula is C10H11ClN4O2. The van der Waals surface area contributed by atoms with E-state index in [-0.39, 0.29) is 12.1 Å². The summed E-state index contributed by atoms with van der Waals surface area (Å²) in [5.41, 5.74) is 8.15. The highest BCUT2D eigenvalue weighted by Gasteiger charge is 2.32. The molecule has 6 nitrogen and oxygen atoms in total. The van der Waals surface area contributed by atoms with Crippen molar-refractivity contribution in [2.75, 3.05) is 6.54 Å². The molecule has 17 heavy (non-hydrogen) atoms. The summed E-state index contributed by atoms with van der Waals surface area (Å²) in [7, 11) is 0. The molecule has 0 aromatic heterocycles. The van der Waals surface area contributed by atoms with E-state index in [9.17, 15) is 9.59 Å². The van der Waals surface area contributed by atoms with Gasteiger partial charge in [-0.3, -0.25) is 0 Å². The lowest BCUT2D eigenvalue weighted by Crippen LogP contribution is -2.47. The molecule has 1 aromatic carbocycles. The van der Waals surface area contributed by atoms with Crippen LogP contribution in [-0.2, 0) is 0 Å². The summed E-state index contributed by atoms with van der Waals surface area (Å²) in [5, 5.41) is 4.41. The van der Waals surface area contributed by atoms with Crippen molar-refractivity contribution < 1.29 is 9.59 Å². The number of amides is 4. The number of urea groups is 2. The molecule has 0 aliphatic carbocycles. The number of benzene rings is 1. The fraction of sp³-hybridized carbons (Fsp3) is 0.200. The fourth-order valence-corrected chi connectivity index (χ4v) is 1.83. The average molecular weight is 255 g/mol. The molecule has 0 spiro atoms. The van der Waals surface area contributed by atoms with E-state index < -0.39 is 6.03 Å². The molecule has 1 unspecified atom stereocenters. The quantitative estimate of drug-likeness (QED) is 0.735. The first kappa shape index (κ1) is 11.5. The molecule has 0 saturated carbocycles. The molecule has 1 heterocycles. The number of primary amides is 1. The molecule has 0 bridgehead atoms. The van der Waals surface area contributed by atoms with Crippen LogP contribution in [0.2, 0.25) is 5.02 Å². The van der Waals surface area contributed by atoms with E-state index in [1.54, 1.807) is 24.3 Å². The van der Waals surface area contributed by atoms with Gasteiger partial charge in [0.15, 0.2) is 0 Å². The van der Waals surface area contributed by atoms with Crippen LogP contribution in [0.5, 0.6) is 0 Å². The Labute approximate surface area is 103 Å². The molecule has 1 fully saturated rings. The maximum absolute atomic E-state index is 11.5. The van der Waals surface area contributed by atoms with Crippen LogP contribution in [0.3, 0.4) is 0 Å². The standard InChI is InChI=1S/C10H11ClN4O2/c11-7-3-1-6(2-4-7)8-5-13-10(17)15(8)14-9(12)16/h1-4,8H,5H2,(H,13,17)(H3,12,14,16). The molecule has 4 N–H and O–H groups in total. The Bertz CT molecular complexity index is 448. The molecule has 7 heteroatoms. The third-order valence-corrected chi connectivity index (χ3v) is 2.71. The second-order valence-electron chi connectivity index (χ2n) is 3.60. The molecule has 1 aliphatic rings. The first-order valence-corrected chi connectivity index (χ1v) is 5.34. The van der Waals surface area contributed by atoms with Crippen LogP contribution in [0.1, 0.15) is 11.6 Å². The zero-order valence-electron chi connectivity index (χ0n) is 8.81. The van der Waals surface area contributed by atoms with E-state index in [2.05, 4.69) is 10.7 Å². The number of carbonyl (C=O) groups is 2. The highest BCUT2D eigenvalue weighted by molar-refractivity contribution is 6.30. The summed E-state index contributed by atoms with van der Waals surface area (Å²) < 4.78 is 0. The smallest absolute Gasteiger partial charge is 0.336 e. The first-order chi connectivity index (χ1) is 8.08. The van der Waals surface area contributed by atoms with Gasteiger partial charge < -0.3 is 11.1 Å². The SMILES string of the molecule is NC(=O)NN1C(=O)NCC1c1ccc(Cl)cc1. The predicted octanol–water partition coefficient (Wildman–Crippen LogP) is 0.990. The summed E-state index contributed by atoms with van der Waals surface area (Å²) >= 11 is 5.78. The van der Waals surface area contributed by atoms with Gasteiger partial charge in [0.25, 0.3) is 0 Å². The molecule has 1 aliphatic heterocycles. The lowest BCUT2D eigenvalue weighted by atomic mass is 10.1. The number of nitrogens with zero attached hydrogens (tertiary/aromatic N) is 1. The van der Waals surface area contributed by atoms with Crippen LogP contribution in [-0.4, -0.2) is 23.6 Å². The highest BCUT2D eigenvalue weighted by Crippen LogP contribution is 2.23. The van der Waals surface area contributed by atoms with E-state index in [0.717, 1.165) is 5.56 Å². The second-order valence-corrected chi connectivity index (χ2v) is 4.04. The van der Waals surface area contributed by atoms with Gasteiger partial charge in [-0.15, -0.1) is 0 Å². The molecule has 1 saturated heterocycles. The Morgan fingerprint density at radius 3 is 2.71 bits per heavy atom. The Hall–Kier alpha value is -1.95. The second kappa shape index (κ2) is 4.50. The monoisotopic (exact) mass is 254 g/mol. The zero-order valence-corrected chi connectivity index (χ0v) is 9.57. The highest BCUT2D eigenvalue weighted by atomic mass is 35.5. The number of carbonyl (C=O) groups excluding carboxylic acids is 2. The van der Waals surface area contributed by atoms with Gasteiger partial charge in [-0.2, -0.15) is 0 Å². The summed E-state index contributed by atoms with van der Waals surface area (Å²) in [5.74, 6) is 0. The van der Waals surface area contributed by atoms with Gasteiger partial charge in [0.05, 0.1) is 6.04 Å². The van der Waals surface area contributed by atoms with Crippen LogP contribution in [0.25, 0.3) is 0 Å². The number of nitrogens with two attached hydrogens (primary N) is 1. The number of nitrogens with one attached hydrogen (secondary N) is 2. The largest absolute Gasteiger partial charge is 0.350 e. The minimum atomic E-state index is -0.777. The van der Waals surface area contributed by atoms with Gasteiger partial charge in [-0.1, -0.05) is 23.7 Å². The lowest BCUT2D eigenvalue weighted by molar-refractivity contribution is 0.170. The summed E-state index contributed by atoms with van der Waals surface area (Å²) in [4.78, 5) is 22.3. The fourth-order valence-electron chi connectivity index (χ4n) is 1.70. The first-order valence-electron chi connectivity index (χ1n) is 4.96. The molecular weight excluding hydrogens is 244 g/mol. The normalized spacial score (nSPS) is 19.0. The zero-order chi connectivity index (χ0) is 12.4. The third kappa shape index (κ3) is 2.42. The Balaban J connectivity index is 2.22. The van der Waals surface area contributed by atoms with Crippen molar-refractivity contribution in [3.05, 3.63) is 34.9 Å². The maximum Gasteiger partial charge on any atom is 0.336 e. The van der Waals surface area contributed by atoms with E-state index in [1.165, 1.54) is 5.01 Å². The molecule has 4 amide bonds. The van der Waals surface area contributed by atoms with Crippen molar-refractivity contribution in [1.82, 2.24) is 15.8 Å². The molecule has 1 atom stereocenters. The van der Waals surface area contributed by atoms with Gasteiger partial charge >= 0.3 is 12.1 Å². The topological polar surface area (TPSA) is 87.5 Å². The molecule has 90 valence electrons. The predicted molar refractivity (Wildman–Crippen MR) is 62.1 cm³/mol. The van der Waals surface area contributed by atoms with E-state index in [4.69, 9.17) is 17.3 Å². The average Bonchev–Trinajstić information content (AvgIpc) is 2.61. The maximum atomic E-state index is 11.5. The Morgan fingerprint density at radius 2 is 2.12 bits per heavy atom. The van der Waals surface area contributed by atoms with Crippen LogP contribution in [0, 0.1) is 0 Å². The van der Waals surface area contributed by atoms with E-state index in [1.807, 2.05) is 0 Å². The van der Waals surface area contributed by atoms with E-state index in [0.29, 0.717) is 11.6 Å². The van der Waals surface area contributed by atoms with Gasteiger partial charge in [0.1, 0.15) is 0 Å². The third-order valence-electron chi connectivity index (χ3n) is 2.46. The van der Waals surface area contributed by atoms with Gasteiger partial charge in [0, 0.05) is 11.6 Å². The number of halogens is 1. The van der Waals surface area contributed by atoms with Gasteiger partial charge in [-0.05, 0) is 17.7 Å². The summed E-state index contributed by atoms with van der Waals surface area (Å²) in [6.45, 7) is 0.404. The number of hydrazine groups is 1. The molecule has 0 radical (unpaired) electrons. The lowest BCUT2D eigenvalue weighted by Gasteiger charge is -2.22. The van der Waals surface area contributed by atoms with Gasteiger partial charge in [0.2, 0.25) is 0 Å². The minimum absolute atomic E-state index is 0.285. The van der Waals surface area contributed by atoms with Crippen molar-refractivity contribution >= 4 is 23.7 Å². The number of rotatable bonds is 2. The van der Waals surface area contributed by atoms with Crippen LogP contribution >= 0.6 is 11.6 Å². The molecule has 2 rings (SSSR count). The molecule has 1 aromatic rings. The number of hydrogen-bond donors (Lipinski definition) is 3. The van der Waals surface area contributed by atoms with E-state index >= 15 is 0 Å². The van der Waals surface area contributed by atoms with Crippen LogP contribution in [0.15, 0.2) is 24.3 Å². The number of hydrogen-bond acceptors (Lipinski definition) is 2. The van der Waals surface area contributed by atoms with Crippen LogP contribution in [0.4, 0.5) is 9.59 Å². The van der Waals surface area contributed by atoms with Crippen molar-refractivity contribution in [1.29, 1.82) is 0 Å². The summed E-state index contributed by atoms with van der Waals surface area (Å²) in [6, 6.07) is 5.59. The Morgan fingerprint density at radius 1 is 1.47 bits per heavy atom. The van der Waals surface area contributed by atoms with Crippen molar-refractivity contribution in [3.63, 3.8) is 0 Å². The van der Waals surface area contributed by atoms with Crippen molar-refractivity contribution in [3.8, 4) is 0 Å². The summed E-state index contributed by atoms with van der Waals surface area (Å²) in [6.07, 6.45) is 0. The Kier molecular flexibility index (Phi) is 3.06. The van der Waals surface area contributed by atoms with Crippen molar-refractivity contribution in [2.45, 2.75) is 6.04 Å². The van der Waals surface area contributed by atoms with Crippen molar-refractivity contribution in [2.24, 2.45) is 5.73 Å². The van der Waals surface area contributed by atoms with Gasteiger partial charge in [-0.25, -0.2) is 20.0 Å². The van der Waals surface area contributed by atoms with Crippen LogP contribution < -0.4 is 16.5 Å².